The first kappa shape index (κ1) is 16.5. The number of amides is 1. The predicted octanol–water partition coefficient (Wildman–Crippen LogP) is 4.26. The van der Waals surface area contributed by atoms with E-state index in [1.807, 2.05) is 31.4 Å². The zero-order chi connectivity index (χ0) is 16.1. The highest BCUT2D eigenvalue weighted by atomic mass is 32.1. The maximum absolute atomic E-state index is 12.0. The summed E-state index contributed by atoms with van der Waals surface area (Å²) in [5.41, 5.74) is 1.29. The van der Waals surface area contributed by atoms with E-state index in [1.54, 1.807) is 24.3 Å². The molecule has 4 nitrogen and oxygen atoms in total. The summed E-state index contributed by atoms with van der Waals surface area (Å²) in [6, 6.07) is 3.85. The lowest BCUT2D eigenvalue weighted by Crippen LogP contribution is -2.12. The third-order valence-corrected chi connectivity index (χ3v) is 5.00. The maximum atomic E-state index is 12.0. The summed E-state index contributed by atoms with van der Waals surface area (Å²) in [6.07, 6.45) is 3.21. The molecule has 0 aromatic carbocycles. The van der Waals surface area contributed by atoms with Crippen LogP contribution in [0.1, 0.15) is 32.6 Å². The van der Waals surface area contributed by atoms with Crippen molar-refractivity contribution in [2.45, 2.75) is 20.8 Å². The smallest absolute Gasteiger partial charge is 0.341 e. The zero-order valence-corrected chi connectivity index (χ0v) is 14.3. The zero-order valence-electron chi connectivity index (χ0n) is 12.6. The Morgan fingerprint density at radius 2 is 2.14 bits per heavy atom. The van der Waals surface area contributed by atoms with Crippen LogP contribution in [0.2, 0.25) is 0 Å². The van der Waals surface area contributed by atoms with Crippen molar-refractivity contribution in [3.8, 4) is 0 Å². The first-order valence-corrected chi connectivity index (χ1v) is 8.52. The van der Waals surface area contributed by atoms with Crippen LogP contribution in [0, 0.1) is 13.8 Å². The van der Waals surface area contributed by atoms with Crippen molar-refractivity contribution in [2.24, 2.45) is 0 Å². The van der Waals surface area contributed by atoms with Gasteiger partial charge in [-0.25, -0.2) is 4.79 Å². The molecule has 116 valence electrons. The number of esters is 1. The second kappa shape index (κ2) is 7.38. The molecule has 6 heteroatoms. The molecule has 0 spiro atoms. The van der Waals surface area contributed by atoms with Crippen LogP contribution >= 0.6 is 22.7 Å². The standard InChI is InChI=1S/C16H17NO3S2/c1-4-20-16(19)14-10(2)11(3)22-15(14)17-13(18)8-7-12-6-5-9-21-12/h5-9H,4H2,1-3H3,(H,17,18)/b8-7+. The molecule has 2 rings (SSSR count). The second-order valence-corrected chi connectivity index (χ2v) is 6.75. The van der Waals surface area contributed by atoms with Gasteiger partial charge in [0.2, 0.25) is 5.91 Å². The maximum Gasteiger partial charge on any atom is 0.341 e. The monoisotopic (exact) mass is 335 g/mol. The van der Waals surface area contributed by atoms with Gasteiger partial charge < -0.3 is 10.1 Å². The Morgan fingerprint density at radius 3 is 2.77 bits per heavy atom. The Kier molecular flexibility index (Phi) is 5.51. The van der Waals surface area contributed by atoms with Gasteiger partial charge in [0.25, 0.3) is 0 Å². The quantitative estimate of drug-likeness (QED) is 0.656. The number of carbonyl (C=O) groups is 2. The van der Waals surface area contributed by atoms with Crippen LogP contribution in [0.4, 0.5) is 5.00 Å². The number of carbonyl (C=O) groups excluding carboxylic acids is 2. The number of nitrogens with one attached hydrogen (secondary N) is 1. The third-order valence-electron chi connectivity index (χ3n) is 3.04. The third kappa shape index (κ3) is 3.84. The van der Waals surface area contributed by atoms with Crippen LogP contribution in [0.15, 0.2) is 23.6 Å². The van der Waals surface area contributed by atoms with Crippen LogP contribution in [0.3, 0.4) is 0 Å². The molecule has 0 unspecified atom stereocenters. The molecular formula is C16H17NO3S2. The Morgan fingerprint density at radius 1 is 1.36 bits per heavy atom. The number of anilines is 1. The lowest BCUT2D eigenvalue weighted by Gasteiger charge is -2.05. The predicted molar refractivity (Wildman–Crippen MR) is 91.7 cm³/mol. The first-order chi connectivity index (χ1) is 10.5. The van der Waals surface area contributed by atoms with Crippen molar-refractivity contribution in [1.29, 1.82) is 0 Å². The molecule has 0 fully saturated rings. The normalized spacial score (nSPS) is 10.9. The van der Waals surface area contributed by atoms with Crippen molar-refractivity contribution in [1.82, 2.24) is 0 Å². The fourth-order valence-electron chi connectivity index (χ4n) is 1.86. The van der Waals surface area contributed by atoms with Gasteiger partial charge in [0, 0.05) is 15.8 Å². The van der Waals surface area contributed by atoms with Crippen molar-refractivity contribution >= 4 is 45.6 Å². The molecule has 2 aromatic rings. The summed E-state index contributed by atoms with van der Waals surface area (Å²) >= 11 is 2.94. The van der Waals surface area contributed by atoms with Crippen LogP contribution in [-0.4, -0.2) is 18.5 Å². The molecule has 0 aliphatic carbocycles. The van der Waals surface area contributed by atoms with Crippen LogP contribution < -0.4 is 5.32 Å². The molecule has 0 saturated carbocycles. The van der Waals surface area contributed by atoms with Crippen LogP contribution in [0.5, 0.6) is 0 Å². The van der Waals surface area contributed by atoms with E-state index >= 15 is 0 Å². The van der Waals surface area contributed by atoms with Gasteiger partial charge in [0.1, 0.15) is 5.00 Å². The molecule has 0 atom stereocenters. The number of aryl methyl sites for hydroxylation is 1. The molecule has 0 bridgehead atoms. The summed E-state index contributed by atoms with van der Waals surface area (Å²) in [6.45, 7) is 5.84. The minimum absolute atomic E-state index is 0.264. The molecule has 0 aliphatic rings. The average molecular weight is 335 g/mol. The van der Waals surface area contributed by atoms with E-state index in [0.29, 0.717) is 17.2 Å². The number of hydrogen-bond acceptors (Lipinski definition) is 5. The first-order valence-electron chi connectivity index (χ1n) is 6.82. The lowest BCUT2D eigenvalue weighted by atomic mass is 10.1. The number of thiophene rings is 2. The van der Waals surface area contributed by atoms with Gasteiger partial charge in [-0.2, -0.15) is 0 Å². The van der Waals surface area contributed by atoms with E-state index in [-0.39, 0.29) is 5.91 Å². The fraction of sp³-hybridized carbons (Fsp3) is 0.250. The second-order valence-electron chi connectivity index (χ2n) is 4.55. The van der Waals surface area contributed by atoms with E-state index in [9.17, 15) is 9.59 Å². The Labute approximate surface area is 137 Å². The van der Waals surface area contributed by atoms with E-state index < -0.39 is 5.97 Å². The van der Waals surface area contributed by atoms with Crippen LogP contribution in [0.25, 0.3) is 6.08 Å². The summed E-state index contributed by atoms with van der Waals surface area (Å²) < 4.78 is 5.06. The summed E-state index contributed by atoms with van der Waals surface area (Å²) in [4.78, 5) is 26.1. The lowest BCUT2D eigenvalue weighted by molar-refractivity contribution is -0.111. The van der Waals surface area contributed by atoms with Crippen LogP contribution in [-0.2, 0) is 9.53 Å². The van der Waals surface area contributed by atoms with Crippen molar-refractivity contribution in [2.75, 3.05) is 11.9 Å². The highest BCUT2D eigenvalue weighted by Gasteiger charge is 2.21. The highest BCUT2D eigenvalue weighted by molar-refractivity contribution is 7.16. The van der Waals surface area contributed by atoms with Crippen molar-refractivity contribution < 1.29 is 14.3 Å². The summed E-state index contributed by atoms with van der Waals surface area (Å²) in [7, 11) is 0. The molecule has 22 heavy (non-hydrogen) atoms. The fourth-order valence-corrected chi connectivity index (χ4v) is 3.53. The molecule has 2 aromatic heterocycles. The summed E-state index contributed by atoms with van der Waals surface area (Å²) in [5.74, 6) is -0.665. The van der Waals surface area contributed by atoms with E-state index in [4.69, 9.17) is 4.74 Å². The number of rotatable bonds is 5. The molecule has 0 saturated heterocycles. The van der Waals surface area contributed by atoms with Crippen molar-refractivity contribution in [3.05, 3.63) is 44.5 Å². The highest BCUT2D eigenvalue weighted by Crippen LogP contribution is 2.33. The van der Waals surface area contributed by atoms with E-state index in [2.05, 4.69) is 5.32 Å². The minimum Gasteiger partial charge on any atom is -0.462 e. The Bertz CT molecular complexity index is 699. The Hall–Kier alpha value is -1.92. The van der Waals surface area contributed by atoms with Gasteiger partial charge in [-0.05, 0) is 43.9 Å². The SMILES string of the molecule is CCOC(=O)c1c(NC(=O)/C=C/c2cccs2)sc(C)c1C. The average Bonchev–Trinajstić information content (AvgIpc) is 3.06. The van der Waals surface area contributed by atoms with Crippen molar-refractivity contribution in [3.63, 3.8) is 0 Å². The van der Waals surface area contributed by atoms with Gasteiger partial charge in [-0.3, -0.25) is 4.79 Å². The topological polar surface area (TPSA) is 55.4 Å². The minimum atomic E-state index is -0.401. The van der Waals surface area contributed by atoms with Gasteiger partial charge in [0.05, 0.1) is 12.2 Å². The van der Waals surface area contributed by atoms with Gasteiger partial charge in [-0.15, -0.1) is 22.7 Å². The molecule has 0 radical (unpaired) electrons. The number of ether oxygens (including phenoxy) is 1. The molecule has 0 aliphatic heterocycles. The molecular weight excluding hydrogens is 318 g/mol. The Balaban J connectivity index is 2.17. The molecule has 1 amide bonds. The van der Waals surface area contributed by atoms with Gasteiger partial charge in [0.15, 0.2) is 0 Å². The van der Waals surface area contributed by atoms with Gasteiger partial charge >= 0.3 is 5.97 Å². The van der Waals surface area contributed by atoms with E-state index in [0.717, 1.165) is 15.3 Å². The van der Waals surface area contributed by atoms with Gasteiger partial charge in [-0.1, -0.05) is 6.07 Å². The number of hydrogen-bond donors (Lipinski definition) is 1. The largest absolute Gasteiger partial charge is 0.462 e. The molecule has 1 N–H and O–H groups in total. The van der Waals surface area contributed by atoms with E-state index in [1.165, 1.54) is 17.4 Å². The summed E-state index contributed by atoms with van der Waals surface area (Å²) in [5, 5.41) is 5.25. The molecule has 2 heterocycles.